The third-order valence-electron chi connectivity index (χ3n) is 3.26. The third kappa shape index (κ3) is 4.71. The lowest BCUT2D eigenvalue weighted by molar-refractivity contribution is -0.142. The predicted octanol–water partition coefficient (Wildman–Crippen LogP) is 0.702. The molecule has 0 radical (unpaired) electrons. The number of likely N-dealkylation sites (N-methyl/N-ethyl adjacent to an activating group) is 3. The summed E-state index contributed by atoms with van der Waals surface area (Å²) in [6.45, 7) is 6.55. The van der Waals surface area contributed by atoms with E-state index in [0.717, 1.165) is 4.90 Å². The van der Waals surface area contributed by atoms with Crippen molar-refractivity contribution in [2.24, 2.45) is 0 Å². The Bertz CT molecular complexity index is 356. The van der Waals surface area contributed by atoms with Gasteiger partial charge in [-0.05, 0) is 20.3 Å². The molecular formula is C13H25N3O4. The van der Waals surface area contributed by atoms with Crippen LogP contribution in [0.5, 0.6) is 0 Å². The SMILES string of the molecule is CCC(C(=O)O)N(C)C(=O)N(C)CC(=O)N(CC)CC. The van der Waals surface area contributed by atoms with Gasteiger partial charge in [-0.3, -0.25) is 4.79 Å². The molecule has 0 saturated heterocycles. The zero-order valence-corrected chi connectivity index (χ0v) is 12.9. The summed E-state index contributed by atoms with van der Waals surface area (Å²) in [5.41, 5.74) is 0. The fourth-order valence-corrected chi connectivity index (χ4v) is 1.96. The summed E-state index contributed by atoms with van der Waals surface area (Å²) >= 11 is 0. The molecule has 0 saturated carbocycles. The number of hydrogen-bond acceptors (Lipinski definition) is 3. The Morgan fingerprint density at radius 1 is 1.05 bits per heavy atom. The van der Waals surface area contributed by atoms with Crippen LogP contribution in [0.15, 0.2) is 0 Å². The van der Waals surface area contributed by atoms with Gasteiger partial charge in [0.1, 0.15) is 12.6 Å². The van der Waals surface area contributed by atoms with Crippen molar-refractivity contribution in [2.45, 2.75) is 33.2 Å². The van der Waals surface area contributed by atoms with E-state index in [1.54, 1.807) is 11.8 Å². The first-order valence-electron chi connectivity index (χ1n) is 6.78. The summed E-state index contributed by atoms with van der Waals surface area (Å²) in [6, 6.07) is -1.35. The second kappa shape index (κ2) is 8.39. The van der Waals surface area contributed by atoms with E-state index in [4.69, 9.17) is 5.11 Å². The van der Waals surface area contributed by atoms with Gasteiger partial charge in [-0.25, -0.2) is 9.59 Å². The van der Waals surface area contributed by atoms with Gasteiger partial charge in [-0.1, -0.05) is 6.92 Å². The minimum atomic E-state index is -1.05. The molecule has 0 aromatic heterocycles. The molecule has 7 nitrogen and oxygen atoms in total. The first kappa shape index (κ1) is 18.2. The molecule has 0 aliphatic heterocycles. The van der Waals surface area contributed by atoms with E-state index >= 15 is 0 Å². The maximum atomic E-state index is 12.1. The van der Waals surface area contributed by atoms with Crippen LogP contribution in [0.2, 0.25) is 0 Å². The second-order valence-electron chi connectivity index (χ2n) is 4.58. The number of carbonyl (C=O) groups is 3. The summed E-state index contributed by atoms with van der Waals surface area (Å²) in [4.78, 5) is 39.1. The summed E-state index contributed by atoms with van der Waals surface area (Å²) in [6.07, 6.45) is 0.315. The lowest BCUT2D eigenvalue weighted by Gasteiger charge is -2.30. The molecule has 0 spiro atoms. The first-order chi connectivity index (χ1) is 9.29. The van der Waals surface area contributed by atoms with Crippen molar-refractivity contribution in [3.8, 4) is 0 Å². The highest BCUT2D eigenvalue weighted by atomic mass is 16.4. The van der Waals surface area contributed by atoms with Crippen LogP contribution >= 0.6 is 0 Å². The minimum absolute atomic E-state index is 0.0547. The minimum Gasteiger partial charge on any atom is -0.480 e. The zero-order chi connectivity index (χ0) is 15.9. The quantitative estimate of drug-likeness (QED) is 0.747. The topological polar surface area (TPSA) is 81.2 Å². The molecule has 0 bridgehead atoms. The number of hydrogen-bond donors (Lipinski definition) is 1. The van der Waals surface area contributed by atoms with Crippen LogP contribution in [0.3, 0.4) is 0 Å². The van der Waals surface area contributed by atoms with Gasteiger partial charge >= 0.3 is 12.0 Å². The first-order valence-corrected chi connectivity index (χ1v) is 6.78. The highest BCUT2D eigenvalue weighted by Crippen LogP contribution is 2.06. The average Bonchev–Trinajstić information content (AvgIpc) is 2.39. The number of urea groups is 1. The Kier molecular flexibility index (Phi) is 7.64. The van der Waals surface area contributed by atoms with Crippen molar-refractivity contribution in [1.29, 1.82) is 0 Å². The Labute approximate surface area is 120 Å². The van der Waals surface area contributed by atoms with Crippen molar-refractivity contribution >= 4 is 17.9 Å². The standard InChI is InChI=1S/C13H25N3O4/c1-6-10(12(18)19)15(5)13(20)14(4)9-11(17)16(7-2)8-3/h10H,6-9H2,1-5H3,(H,18,19). The van der Waals surface area contributed by atoms with Crippen LogP contribution in [-0.4, -0.2) is 77.5 Å². The fraction of sp³-hybridized carbons (Fsp3) is 0.769. The molecule has 0 aliphatic carbocycles. The van der Waals surface area contributed by atoms with Crippen molar-refractivity contribution in [2.75, 3.05) is 33.7 Å². The number of carbonyl (C=O) groups excluding carboxylic acids is 2. The Hall–Kier alpha value is -1.79. The van der Waals surface area contributed by atoms with Crippen LogP contribution < -0.4 is 0 Å². The maximum absolute atomic E-state index is 12.1. The van der Waals surface area contributed by atoms with Gasteiger partial charge in [-0.2, -0.15) is 0 Å². The largest absolute Gasteiger partial charge is 0.480 e. The molecule has 116 valence electrons. The van der Waals surface area contributed by atoms with Gasteiger partial charge in [-0.15, -0.1) is 0 Å². The molecule has 3 amide bonds. The van der Waals surface area contributed by atoms with Crippen molar-refractivity contribution < 1.29 is 19.5 Å². The van der Waals surface area contributed by atoms with Gasteiger partial charge in [0.15, 0.2) is 0 Å². The van der Waals surface area contributed by atoms with E-state index in [9.17, 15) is 14.4 Å². The van der Waals surface area contributed by atoms with Crippen LogP contribution in [0, 0.1) is 0 Å². The monoisotopic (exact) mass is 287 g/mol. The van der Waals surface area contributed by atoms with Crippen LogP contribution in [0.25, 0.3) is 0 Å². The smallest absolute Gasteiger partial charge is 0.326 e. The van der Waals surface area contributed by atoms with Gasteiger partial charge in [0, 0.05) is 27.2 Å². The Morgan fingerprint density at radius 3 is 1.90 bits per heavy atom. The van der Waals surface area contributed by atoms with Crippen molar-refractivity contribution in [1.82, 2.24) is 14.7 Å². The number of carboxylic acids is 1. The average molecular weight is 287 g/mol. The lowest BCUT2D eigenvalue weighted by Crippen LogP contribution is -2.50. The molecule has 0 rings (SSSR count). The van der Waals surface area contributed by atoms with E-state index < -0.39 is 18.0 Å². The molecule has 1 N–H and O–H groups in total. The van der Waals surface area contributed by atoms with Gasteiger partial charge in [0.2, 0.25) is 5.91 Å². The summed E-state index contributed by atoms with van der Waals surface area (Å²) < 4.78 is 0. The Morgan fingerprint density at radius 2 is 1.55 bits per heavy atom. The fourth-order valence-electron chi connectivity index (χ4n) is 1.96. The normalized spacial score (nSPS) is 11.7. The highest BCUT2D eigenvalue weighted by molar-refractivity contribution is 5.86. The summed E-state index contributed by atoms with van der Waals surface area (Å²) in [7, 11) is 2.93. The zero-order valence-electron chi connectivity index (χ0n) is 12.9. The van der Waals surface area contributed by atoms with Gasteiger partial charge in [0.05, 0.1) is 0 Å². The number of rotatable bonds is 7. The molecule has 7 heteroatoms. The second-order valence-corrected chi connectivity index (χ2v) is 4.58. The van der Waals surface area contributed by atoms with E-state index in [2.05, 4.69) is 0 Å². The molecule has 0 aromatic rings. The van der Waals surface area contributed by atoms with E-state index in [-0.39, 0.29) is 12.5 Å². The van der Waals surface area contributed by atoms with Crippen LogP contribution in [0.1, 0.15) is 27.2 Å². The van der Waals surface area contributed by atoms with Gasteiger partial charge in [0.25, 0.3) is 0 Å². The maximum Gasteiger partial charge on any atom is 0.326 e. The molecular weight excluding hydrogens is 262 g/mol. The van der Waals surface area contributed by atoms with E-state index in [1.807, 2.05) is 13.8 Å². The van der Waals surface area contributed by atoms with Gasteiger partial charge < -0.3 is 19.8 Å². The Balaban J connectivity index is 4.69. The molecule has 20 heavy (non-hydrogen) atoms. The lowest BCUT2D eigenvalue weighted by atomic mass is 10.2. The number of carboxylic acid groups (broad SMARTS) is 1. The third-order valence-corrected chi connectivity index (χ3v) is 3.26. The van der Waals surface area contributed by atoms with E-state index in [0.29, 0.717) is 19.5 Å². The summed E-state index contributed by atoms with van der Waals surface area (Å²) in [5, 5.41) is 9.03. The van der Waals surface area contributed by atoms with Crippen molar-refractivity contribution in [3.63, 3.8) is 0 Å². The molecule has 1 atom stereocenters. The van der Waals surface area contributed by atoms with Crippen LogP contribution in [-0.2, 0) is 9.59 Å². The van der Waals surface area contributed by atoms with Crippen molar-refractivity contribution in [3.05, 3.63) is 0 Å². The predicted molar refractivity (Wildman–Crippen MR) is 75.4 cm³/mol. The molecule has 0 fully saturated rings. The number of aliphatic carboxylic acids is 1. The number of amides is 3. The van der Waals surface area contributed by atoms with E-state index in [1.165, 1.54) is 19.0 Å². The highest BCUT2D eigenvalue weighted by Gasteiger charge is 2.27. The van der Waals surface area contributed by atoms with Crippen LogP contribution in [0.4, 0.5) is 4.79 Å². The summed E-state index contributed by atoms with van der Waals surface area (Å²) in [5.74, 6) is -1.20. The molecule has 0 aromatic carbocycles. The number of nitrogens with zero attached hydrogens (tertiary/aromatic N) is 3. The molecule has 1 unspecified atom stereocenters. The molecule has 0 heterocycles. The molecule has 0 aliphatic rings.